The van der Waals surface area contributed by atoms with Gasteiger partial charge in [0.25, 0.3) is 5.56 Å². The van der Waals surface area contributed by atoms with Gasteiger partial charge in [0.15, 0.2) is 6.17 Å². The summed E-state index contributed by atoms with van der Waals surface area (Å²) in [6.07, 6.45) is -0.682. The predicted molar refractivity (Wildman–Crippen MR) is 123 cm³/mol. The highest BCUT2D eigenvalue weighted by Gasteiger charge is 2.27. The van der Waals surface area contributed by atoms with E-state index < -0.39 is 6.17 Å². The van der Waals surface area contributed by atoms with Crippen LogP contribution in [0.3, 0.4) is 0 Å². The number of hydrogen-bond donors (Lipinski definition) is 2. The standard InChI is InChI=1S/C23H25N5O4/c1-5-32-16-8-6-15(7-9-16)25-22-26-21(18-11-10-17(30-3)13-19(18)31-4)28-20(29)12-14(2)24-23(28)27-22/h6-13,21H,5H2,1-4H3,(H2,24,25,26,27)/t21-/m0/s1. The second-order valence-electron chi connectivity index (χ2n) is 7.10. The average Bonchev–Trinajstić information content (AvgIpc) is 2.79. The molecule has 1 aromatic heterocycles. The second kappa shape index (κ2) is 9.01. The van der Waals surface area contributed by atoms with Crippen LogP contribution in [0.15, 0.2) is 58.3 Å². The van der Waals surface area contributed by atoms with Crippen LogP contribution in [0.25, 0.3) is 0 Å². The lowest BCUT2D eigenvalue weighted by Gasteiger charge is -2.28. The van der Waals surface area contributed by atoms with E-state index >= 15 is 0 Å². The minimum Gasteiger partial charge on any atom is -0.497 e. The van der Waals surface area contributed by atoms with Crippen molar-refractivity contribution in [2.45, 2.75) is 20.0 Å². The smallest absolute Gasteiger partial charge is 0.257 e. The normalized spacial score (nSPS) is 14.6. The molecule has 0 unspecified atom stereocenters. The molecule has 9 nitrogen and oxygen atoms in total. The van der Waals surface area contributed by atoms with Gasteiger partial charge >= 0.3 is 0 Å². The van der Waals surface area contributed by atoms with Gasteiger partial charge in [-0.05, 0) is 50.2 Å². The van der Waals surface area contributed by atoms with Crippen LogP contribution < -0.4 is 30.4 Å². The first-order chi connectivity index (χ1) is 15.5. The van der Waals surface area contributed by atoms with E-state index in [0.29, 0.717) is 41.3 Å². The lowest BCUT2D eigenvalue weighted by atomic mass is 10.1. The lowest BCUT2D eigenvalue weighted by Crippen LogP contribution is -2.37. The molecule has 2 N–H and O–H groups in total. The van der Waals surface area contributed by atoms with E-state index in [1.54, 1.807) is 33.3 Å². The first-order valence-corrected chi connectivity index (χ1v) is 10.2. The number of nitrogens with one attached hydrogen (secondary N) is 2. The van der Waals surface area contributed by atoms with Crippen molar-refractivity contribution in [3.63, 3.8) is 0 Å². The molecule has 1 aliphatic rings. The predicted octanol–water partition coefficient (Wildman–Crippen LogP) is 3.41. The number of anilines is 2. The number of nitrogens with zero attached hydrogens (tertiary/aromatic N) is 3. The number of hydrogen-bond acceptors (Lipinski definition) is 8. The van der Waals surface area contributed by atoms with E-state index in [1.807, 2.05) is 37.3 Å². The highest BCUT2D eigenvalue weighted by molar-refractivity contribution is 6.03. The number of guanidine groups is 1. The minimum absolute atomic E-state index is 0.216. The van der Waals surface area contributed by atoms with Crippen molar-refractivity contribution in [3.8, 4) is 17.2 Å². The highest BCUT2D eigenvalue weighted by Crippen LogP contribution is 2.34. The monoisotopic (exact) mass is 435 g/mol. The molecule has 0 fully saturated rings. The maximum Gasteiger partial charge on any atom is 0.257 e. The van der Waals surface area contributed by atoms with Gasteiger partial charge in [-0.2, -0.15) is 0 Å². The van der Waals surface area contributed by atoms with Gasteiger partial charge in [0.05, 0.1) is 20.8 Å². The van der Waals surface area contributed by atoms with Crippen LogP contribution in [-0.4, -0.2) is 36.3 Å². The third-order valence-electron chi connectivity index (χ3n) is 4.95. The zero-order valence-corrected chi connectivity index (χ0v) is 18.4. The van der Waals surface area contributed by atoms with E-state index in [1.165, 1.54) is 10.6 Å². The number of rotatable bonds is 6. The van der Waals surface area contributed by atoms with Gasteiger partial charge in [-0.3, -0.25) is 14.7 Å². The molecule has 0 saturated heterocycles. The van der Waals surface area contributed by atoms with Crippen molar-refractivity contribution < 1.29 is 14.2 Å². The summed E-state index contributed by atoms with van der Waals surface area (Å²) in [4.78, 5) is 22.2. The van der Waals surface area contributed by atoms with Crippen molar-refractivity contribution in [2.24, 2.45) is 4.99 Å². The highest BCUT2D eigenvalue weighted by atomic mass is 16.5. The van der Waals surface area contributed by atoms with Crippen molar-refractivity contribution in [1.82, 2.24) is 9.55 Å². The van der Waals surface area contributed by atoms with E-state index in [9.17, 15) is 4.79 Å². The summed E-state index contributed by atoms with van der Waals surface area (Å²) in [5.41, 5.74) is 1.90. The van der Waals surface area contributed by atoms with Gasteiger partial charge in [0, 0.05) is 29.1 Å². The number of aryl methyl sites for hydroxylation is 1. The van der Waals surface area contributed by atoms with Crippen molar-refractivity contribution in [3.05, 3.63) is 70.1 Å². The minimum atomic E-state index is -0.682. The Morgan fingerprint density at radius 1 is 1.06 bits per heavy atom. The summed E-state index contributed by atoms with van der Waals surface area (Å²) in [6.45, 7) is 4.32. The molecule has 0 aliphatic carbocycles. The summed E-state index contributed by atoms with van der Waals surface area (Å²) in [6, 6.07) is 14.4. The largest absolute Gasteiger partial charge is 0.497 e. The van der Waals surface area contributed by atoms with Gasteiger partial charge in [-0.25, -0.2) is 9.98 Å². The molecule has 0 amide bonds. The molecule has 0 radical (unpaired) electrons. The van der Waals surface area contributed by atoms with E-state index in [0.717, 1.165) is 11.4 Å². The fraction of sp³-hybridized carbons (Fsp3) is 0.261. The van der Waals surface area contributed by atoms with E-state index in [4.69, 9.17) is 19.2 Å². The Balaban J connectivity index is 1.76. The third-order valence-corrected chi connectivity index (χ3v) is 4.95. The number of fused-ring (bicyclic) bond motifs is 1. The van der Waals surface area contributed by atoms with E-state index in [-0.39, 0.29) is 5.56 Å². The Bertz CT molecular complexity index is 1200. The lowest BCUT2D eigenvalue weighted by molar-refractivity contribution is 0.340. The van der Waals surface area contributed by atoms with Gasteiger partial charge in [0.1, 0.15) is 17.2 Å². The first kappa shape index (κ1) is 21.2. The number of benzene rings is 2. The first-order valence-electron chi connectivity index (χ1n) is 10.2. The molecule has 0 spiro atoms. The van der Waals surface area contributed by atoms with Crippen LogP contribution in [0.5, 0.6) is 17.2 Å². The summed E-state index contributed by atoms with van der Waals surface area (Å²) < 4.78 is 17.9. The van der Waals surface area contributed by atoms with Gasteiger partial charge in [-0.15, -0.1) is 0 Å². The molecule has 0 saturated carbocycles. The Hall–Kier alpha value is -4.01. The Morgan fingerprint density at radius 3 is 2.50 bits per heavy atom. The van der Waals surface area contributed by atoms with Crippen LogP contribution in [0, 0.1) is 6.92 Å². The number of methoxy groups -OCH3 is 2. The molecule has 2 aromatic carbocycles. The molecule has 0 bridgehead atoms. The zero-order chi connectivity index (χ0) is 22.7. The van der Waals surface area contributed by atoms with Crippen LogP contribution in [0.2, 0.25) is 0 Å². The number of aliphatic imine (C=N–C) groups is 1. The van der Waals surface area contributed by atoms with Crippen LogP contribution >= 0.6 is 0 Å². The van der Waals surface area contributed by atoms with Gasteiger partial charge in [0.2, 0.25) is 11.9 Å². The van der Waals surface area contributed by atoms with Gasteiger partial charge < -0.3 is 19.5 Å². The maximum absolute atomic E-state index is 12.9. The van der Waals surface area contributed by atoms with Crippen LogP contribution in [-0.2, 0) is 0 Å². The van der Waals surface area contributed by atoms with Crippen LogP contribution in [0.1, 0.15) is 24.3 Å². The van der Waals surface area contributed by atoms with E-state index in [2.05, 4.69) is 15.6 Å². The molecule has 32 heavy (non-hydrogen) atoms. The quantitative estimate of drug-likeness (QED) is 0.612. The molecule has 9 heteroatoms. The third kappa shape index (κ3) is 4.22. The molecular formula is C23H25N5O4. The van der Waals surface area contributed by atoms with Crippen molar-refractivity contribution >= 4 is 17.6 Å². The summed E-state index contributed by atoms with van der Waals surface area (Å²) in [7, 11) is 3.15. The Kier molecular flexibility index (Phi) is 5.98. The molecule has 4 rings (SSSR count). The Labute approximate surface area is 185 Å². The Morgan fingerprint density at radius 2 is 1.81 bits per heavy atom. The summed E-state index contributed by atoms with van der Waals surface area (Å²) >= 11 is 0. The fourth-order valence-corrected chi connectivity index (χ4v) is 3.49. The number of ether oxygens (including phenoxy) is 3. The fourth-order valence-electron chi connectivity index (χ4n) is 3.49. The zero-order valence-electron chi connectivity index (χ0n) is 18.4. The topological polar surface area (TPSA) is 99.0 Å². The molecule has 1 atom stereocenters. The maximum atomic E-state index is 12.9. The van der Waals surface area contributed by atoms with Crippen LogP contribution in [0.4, 0.5) is 11.6 Å². The second-order valence-corrected chi connectivity index (χ2v) is 7.10. The molecular weight excluding hydrogens is 410 g/mol. The molecule has 166 valence electrons. The SMILES string of the molecule is CCOc1ccc(NC2=N[C@H](c3ccc(OC)cc3OC)n3c(nc(C)cc3=O)N2)cc1. The average molecular weight is 435 g/mol. The molecule has 3 aromatic rings. The van der Waals surface area contributed by atoms with Crippen molar-refractivity contribution in [1.29, 1.82) is 0 Å². The number of aromatic nitrogens is 2. The molecule has 2 heterocycles. The molecule has 1 aliphatic heterocycles. The van der Waals surface area contributed by atoms with Gasteiger partial charge in [-0.1, -0.05) is 0 Å². The summed E-state index contributed by atoms with van der Waals surface area (Å²) in [5, 5.41) is 6.37. The van der Waals surface area contributed by atoms with Crippen molar-refractivity contribution in [2.75, 3.05) is 31.5 Å². The summed E-state index contributed by atoms with van der Waals surface area (Å²) in [5.74, 6) is 2.83.